The Kier molecular flexibility index (Phi) is 18.7. The van der Waals surface area contributed by atoms with Crippen molar-refractivity contribution in [2.24, 2.45) is 0 Å². The Bertz CT molecular complexity index is 172. The zero-order valence-corrected chi connectivity index (χ0v) is 13.0. The third-order valence-corrected chi connectivity index (χ3v) is 3.05. The van der Waals surface area contributed by atoms with Crippen molar-refractivity contribution in [3.8, 4) is 0 Å². The fraction of sp³-hybridized carbons (Fsp3) is 0.933. The maximum atomic E-state index is 10.8. The van der Waals surface area contributed by atoms with Crippen molar-refractivity contribution < 1.29 is 9.53 Å². The van der Waals surface area contributed by atoms with Gasteiger partial charge in [0.25, 0.3) is 0 Å². The molecule has 0 atom stereocenters. The summed E-state index contributed by atoms with van der Waals surface area (Å²) >= 11 is 0. The van der Waals surface area contributed by atoms with Crippen LogP contribution < -0.4 is 0 Å². The maximum Gasteiger partial charge on any atom is 0.305 e. The summed E-state index contributed by atoms with van der Waals surface area (Å²) in [4.78, 5) is 10.8. The van der Waals surface area contributed by atoms with Crippen LogP contribution in [0.15, 0.2) is 0 Å². The molecular weight excluding hydrogens is 248 g/mol. The summed E-state index contributed by atoms with van der Waals surface area (Å²) in [6, 6.07) is 0. The van der Waals surface area contributed by atoms with E-state index >= 15 is 0 Å². The molecule has 0 amide bonds. The first-order valence-corrected chi connectivity index (χ1v) is 7.46. The van der Waals surface area contributed by atoms with Gasteiger partial charge >= 0.3 is 5.97 Å². The molecule has 110 valence electrons. The molecule has 0 aromatic carbocycles. The second kappa shape index (κ2) is 16.8. The minimum absolute atomic E-state index is 0. The molecule has 0 aromatic heterocycles. The van der Waals surface area contributed by atoms with E-state index in [1.165, 1.54) is 57.8 Å². The lowest BCUT2D eigenvalue weighted by Gasteiger charge is -2.03. The minimum atomic E-state index is -0.0686. The van der Waals surface area contributed by atoms with Crippen LogP contribution in [0.4, 0.5) is 0 Å². The van der Waals surface area contributed by atoms with Gasteiger partial charge in [-0.1, -0.05) is 71.6 Å². The Hall–Kier alpha value is -0.240. The van der Waals surface area contributed by atoms with Crippen molar-refractivity contribution in [1.29, 1.82) is 0 Å². The molecule has 0 unspecified atom stereocenters. The highest BCUT2D eigenvalue weighted by Gasteiger charge is 1.97. The van der Waals surface area contributed by atoms with Gasteiger partial charge in [0.15, 0.2) is 0 Å². The fourth-order valence-electron chi connectivity index (χ4n) is 1.88. The molecule has 3 heteroatoms. The van der Waals surface area contributed by atoms with Gasteiger partial charge in [0.05, 0.1) is 6.61 Å². The van der Waals surface area contributed by atoms with Gasteiger partial charge in [0.2, 0.25) is 0 Å². The van der Waals surface area contributed by atoms with Crippen molar-refractivity contribution in [3.63, 3.8) is 0 Å². The standard InChI is InChI=1S/C15H30O2.ClH/c1-3-5-6-7-8-9-10-11-12-13-14-17-15(16)4-2;/h3-14H2,1-2H3;1H. The molecule has 0 fully saturated rings. The zero-order valence-electron chi connectivity index (χ0n) is 12.2. The van der Waals surface area contributed by atoms with Gasteiger partial charge in [-0.15, -0.1) is 12.4 Å². The number of esters is 1. The molecular formula is C15H31ClO2. The molecule has 0 aliphatic carbocycles. The minimum Gasteiger partial charge on any atom is -0.466 e. The van der Waals surface area contributed by atoms with Gasteiger partial charge in [-0.25, -0.2) is 0 Å². The summed E-state index contributed by atoms with van der Waals surface area (Å²) in [5.41, 5.74) is 0. The summed E-state index contributed by atoms with van der Waals surface area (Å²) in [6.45, 7) is 4.70. The van der Waals surface area contributed by atoms with E-state index in [-0.39, 0.29) is 18.4 Å². The lowest BCUT2D eigenvalue weighted by atomic mass is 10.1. The van der Waals surface area contributed by atoms with Crippen molar-refractivity contribution in [1.82, 2.24) is 0 Å². The molecule has 0 heterocycles. The lowest BCUT2D eigenvalue weighted by Crippen LogP contribution is -2.03. The third kappa shape index (κ3) is 15.8. The summed E-state index contributed by atoms with van der Waals surface area (Å²) in [5, 5.41) is 0. The largest absolute Gasteiger partial charge is 0.466 e. The van der Waals surface area contributed by atoms with Crippen LogP contribution in [0.3, 0.4) is 0 Å². The summed E-state index contributed by atoms with van der Waals surface area (Å²) in [7, 11) is 0. The van der Waals surface area contributed by atoms with Crippen molar-refractivity contribution in [3.05, 3.63) is 0 Å². The molecule has 0 rings (SSSR count). The highest BCUT2D eigenvalue weighted by Crippen LogP contribution is 2.10. The van der Waals surface area contributed by atoms with Gasteiger partial charge in [0.1, 0.15) is 0 Å². The normalized spacial score (nSPS) is 9.89. The number of unbranched alkanes of at least 4 members (excludes halogenated alkanes) is 9. The first-order chi connectivity index (χ1) is 8.31. The maximum absolute atomic E-state index is 10.8. The predicted molar refractivity (Wildman–Crippen MR) is 80.3 cm³/mol. The molecule has 0 aromatic rings. The number of hydrogen-bond acceptors (Lipinski definition) is 2. The van der Waals surface area contributed by atoms with Crippen LogP contribution in [0, 0.1) is 0 Å². The Morgan fingerprint density at radius 1 is 0.778 bits per heavy atom. The van der Waals surface area contributed by atoms with Crippen LogP contribution >= 0.6 is 12.4 Å². The van der Waals surface area contributed by atoms with E-state index in [0.717, 1.165) is 6.42 Å². The second-order valence-corrected chi connectivity index (χ2v) is 4.76. The van der Waals surface area contributed by atoms with Crippen LogP contribution in [0.25, 0.3) is 0 Å². The van der Waals surface area contributed by atoms with Crippen LogP contribution in [0.5, 0.6) is 0 Å². The van der Waals surface area contributed by atoms with E-state index in [1.807, 2.05) is 6.92 Å². The second-order valence-electron chi connectivity index (χ2n) is 4.76. The van der Waals surface area contributed by atoms with E-state index < -0.39 is 0 Å². The van der Waals surface area contributed by atoms with Crippen LogP contribution in [-0.4, -0.2) is 12.6 Å². The van der Waals surface area contributed by atoms with Crippen molar-refractivity contribution in [2.75, 3.05) is 6.61 Å². The Morgan fingerprint density at radius 2 is 1.22 bits per heavy atom. The van der Waals surface area contributed by atoms with Crippen molar-refractivity contribution in [2.45, 2.75) is 84.5 Å². The van der Waals surface area contributed by atoms with Gasteiger partial charge in [0, 0.05) is 6.42 Å². The SMILES string of the molecule is CCCCCCCCCCCCOC(=O)CC.Cl. The molecule has 0 aliphatic rings. The highest BCUT2D eigenvalue weighted by molar-refractivity contribution is 5.85. The first-order valence-electron chi connectivity index (χ1n) is 7.46. The summed E-state index contributed by atoms with van der Waals surface area (Å²) in [6.07, 6.45) is 13.7. The number of carbonyl (C=O) groups excluding carboxylic acids is 1. The van der Waals surface area contributed by atoms with Gasteiger partial charge < -0.3 is 4.74 Å². The fourth-order valence-corrected chi connectivity index (χ4v) is 1.88. The number of carbonyl (C=O) groups is 1. The molecule has 0 saturated heterocycles. The number of rotatable bonds is 12. The number of ether oxygens (including phenoxy) is 1. The Labute approximate surface area is 119 Å². The summed E-state index contributed by atoms with van der Waals surface area (Å²) in [5.74, 6) is -0.0686. The lowest BCUT2D eigenvalue weighted by molar-refractivity contribution is -0.143. The summed E-state index contributed by atoms with van der Waals surface area (Å²) < 4.78 is 5.02. The van der Waals surface area contributed by atoms with E-state index in [2.05, 4.69) is 6.92 Å². The average Bonchev–Trinajstić information content (AvgIpc) is 2.35. The zero-order chi connectivity index (χ0) is 12.8. The topological polar surface area (TPSA) is 26.3 Å². The Morgan fingerprint density at radius 3 is 1.67 bits per heavy atom. The van der Waals surface area contributed by atoms with E-state index in [0.29, 0.717) is 13.0 Å². The molecule has 0 saturated carbocycles. The molecule has 0 aliphatic heterocycles. The third-order valence-electron chi connectivity index (χ3n) is 3.05. The van der Waals surface area contributed by atoms with Crippen LogP contribution in [0.2, 0.25) is 0 Å². The molecule has 0 N–H and O–H groups in total. The first kappa shape index (κ1) is 20.1. The van der Waals surface area contributed by atoms with Crippen LogP contribution in [0.1, 0.15) is 84.5 Å². The Balaban J connectivity index is 0. The average molecular weight is 279 g/mol. The highest BCUT2D eigenvalue weighted by atomic mass is 35.5. The van der Waals surface area contributed by atoms with Gasteiger partial charge in [-0.2, -0.15) is 0 Å². The monoisotopic (exact) mass is 278 g/mol. The molecule has 18 heavy (non-hydrogen) atoms. The van der Waals surface area contributed by atoms with Crippen molar-refractivity contribution >= 4 is 18.4 Å². The number of hydrogen-bond donors (Lipinski definition) is 0. The smallest absolute Gasteiger partial charge is 0.305 e. The van der Waals surface area contributed by atoms with Gasteiger partial charge in [-0.05, 0) is 6.42 Å². The molecule has 2 nitrogen and oxygen atoms in total. The quantitative estimate of drug-likeness (QED) is 0.358. The molecule has 0 radical (unpaired) electrons. The molecule has 0 spiro atoms. The van der Waals surface area contributed by atoms with E-state index in [4.69, 9.17) is 4.74 Å². The van der Waals surface area contributed by atoms with Gasteiger partial charge in [-0.3, -0.25) is 4.79 Å². The van der Waals surface area contributed by atoms with E-state index in [9.17, 15) is 4.79 Å². The van der Waals surface area contributed by atoms with E-state index in [1.54, 1.807) is 0 Å². The van der Waals surface area contributed by atoms with Crippen LogP contribution in [-0.2, 0) is 9.53 Å². The number of halogens is 1. The predicted octanol–water partition coefficient (Wildman–Crippen LogP) is 5.28. The molecule has 0 bridgehead atoms.